The van der Waals surface area contributed by atoms with Gasteiger partial charge in [-0.25, -0.2) is 9.97 Å². The molecule has 0 fully saturated rings. The number of carbonyl (C=O) groups is 1. The summed E-state index contributed by atoms with van der Waals surface area (Å²) in [6.45, 7) is 2.74. The van der Waals surface area contributed by atoms with Gasteiger partial charge in [-0.3, -0.25) is 4.79 Å². The molecule has 1 aliphatic rings. The average molecular weight is 464 g/mol. The molecule has 2 aromatic carbocycles. The van der Waals surface area contributed by atoms with Gasteiger partial charge >= 0.3 is 0 Å². The fraction of sp³-hybridized carbons (Fsp3) is 0.320. The topological polar surface area (TPSA) is 70.6 Å². The Labute approximate surface area is 197 Å². The normalized spacial score (nSPS) is 14.6. The largest absolute Gasteiger partial charge is 0.486 e. The standard InChI is InChI=1S/C25H30N5O2P/c1-26-12-11-23(19-5-9-21(33)10-6-19)32-20-7-3-18(4-8-20)16-30-14-13-29(2)24-22(25(30)31)15-27-17-28-24/h3-10,15,17,23,26H,11-14,16,33H2,1-2H3. The molecule has 0 saturated heterocycles. The van der Waals surface area contributed by atoms with E-state index < -0.39 is 0 Å². The molecule has 1 aliphatic heterocycles. The number of carbonyl (C=O) groups excluding carboxylic acids is 1. The van der Waals surface area contributed by atoms with Gasteiger partial charge in [-0.05, 0) is 42.2 Å². The molecule has 8 heteroatoms. The molecule has 3 aromatic rings. The molecule has 2 heterocycles. The van der Waals surface area contributed by atoms with E-state index in [-0.39, 0.29) is 12.0 Å². The van der Waals surface area contributed by atoms with Gasteiger partial charge in [0.05, 0.1) is 0 Å². The highest BCUT2D eigenvalue weighted by atomic mass is 31.0. The summed E-state index contributed by atoms with van der Waals surface area (Å²) in [5.41, 5.74) is 2.75. The van der Waals surface area contributed by atoms with Crippen LogP contribution in [0.4, 0.5) is 5.82 Å². The van der Waals surface area contributed by atoms with Crippen molar-refractivity contribution in [3.63, 3.8) is 0 Å². The first-order valence-electron chi connectivity index (χ1n) is 11.1. The Balaban J connectivity index is 1.45. The second-order valence-electron chi connectivity index (χ2n) is 8.22. The zero-order chi connectivity index (χ0) is 23.2. The summed E-state index contributed by atoms with van der Waals surface area (Å²) in [4.78, 5) is 25.3. The van der Waals surface area contributed by atoms with E-state index in [1.807, 2.05) is 48.2 Å². The third-order valence-electron chi connectivity index (χ3n) is 5.82. The maximum absolute atomic E-state index is 13.1. The minimum Gasteiger partial charge on any atom is -0.486 e. The van der Waals surface area contributed by atoms with Gasteiger partial charge in [0, 0.05) is 39.3 Å². The summed E-state index contributed by atoms with van der Waals surface area (Å²) in [6.07, 6.45) is 3.92. The maximum atomic E-state index is 13.1. The molecule has 0 saturated carbocycles. The van der Waals surface area contributed by atoms with Crippen LogP contribution in [0, 0.1) is 0 Å². The van der Waals surface area contributed by atoms with Crippen LogP contribution in [0.15, 0.2) is 61.1 Å². The molecule has 0 aliphatic carbocycles. The Kier molecular flexibility index (Phi) is 7.53. The lowest BCUT2D eigenvalue weighted by Gasteiger charge is -2.22. The van der Waals surface area contributed by atoms with E-state index in [9.17, 15) is 4.79 Å². The number of aromatic nitrogens is 2. The molecular weight excluding hydrogens is 433 g/mol. The molecular formula is C25H30N5O2P. The summed E-state index contributed by atoms with van der Waals surface area (Å²) in [7, 11) is 6.61. The molecule has 2 unspecified atom stereocenters. The van der Waals surface area contributed by atoms with Crippen molar-refractivity contribution in [2.45, 2.75) is 19.1 Å². The van der Waals surface area contributed by atoms with Gasteiger partial charge < -0.3 is 19.9 Å². The van der Waals surface area contributed by atoms with E-state index in [2.05, 4.69) is 48.8 Å². The molecule has 1 aromatic heterocycles. The van der Waals surface area contributed by atoms with Crippen LogP contribution in [-0.4, -0.2) is 54.5 Å². The van der Waals surface area contributed by atoms with Crippen LogP contribution in [0.3, 0.4) is 0 Å². The first kappa shape index (κ1) is 23.1. The van der Waals surface area contributed by atoms with Gasteiger partial charge in [0.1, 0.15) is 29.6 Å². The van der Waals surface area contributed by atoms with Crippen molar-refractivity contribution in [2.75, 3.05) is 38.6 Å². The molecule has 172 valence electrons. The van der Waals surface area contributed by atoms with Crippen LogP contribution in [0.1, 0.15) is 34.0 Å². The molecule has 0 spiro atoms. The summed E-state index contributed by atoms with van der Waals surface area (Å²) in [5, 5.41) is 4.36. The molecule has 0 radical (unpaired) electrons. The quantitative estimate of drug-likeness (QED) is 0.518. The molecule has 4 rings (SSSR count). The van der Waals surface area contributed by atoms with Crippen molar-refractivity contribution in [1.82, 2.24) is 20.2 Å². The minimum atomic E-state index is -0.0417. The number of hydrogen-bond acceptors (Lipinski definition) is 6. The van der Waals surface area contributed by atoms with Gasteiger partial charge in [-0.15, -0.1) is 9.24 Å². The average Bonchev–Trinajstić information content (AvgIpc) is 2.96. The molecule has 0 bridgehead atoms. The number of ether oxygens (including phenoxy) is 1. The highest BCUT2D eigenvalue weighted by molar-refractivity contribution is 7.27. The van der Waals surface area contributed by atoms with Crippen LogP contribution in [0.5, 0.6) is 5.75 Å². The number of amides is 1. The lowest BCUT2D eigenvalue weighted by atomic mass is 10.1. The van der Waals surface area contributed by atoms with Crippen molar-refractivity contribution in [1.29, 1.82) is 0 Å². The number of anilines is 1. The van der Waals surface area contributed by atoms with E-state index >= 15 is 0 Å². The number of nitrogens with one attached hydrogen (secondary N) is 1. The SMILES string of the molecule is CNCCC(Oc1ccc(CN2CCN(C)c3ncncc3C2=O)cc1)c1ccc(P)cc1. The Bertz CT molecular complexity index is 1070. The number of likely N-dealkylation sites (N-methyl/N-ethyl adjacent to an activating group) is 1. The van der Waals surface area contributed by atoms with Crippen LogP contribution in [-0.2, 0) is 6.54 Å². The van der Waals surface area contributed by atoms with Crippen LogP contribution in [0.2, 0.25) is 0 Å². The highest BCUT2D eigenvalue weighted by Crippen LogP contribution is 2.26. The highest BCUT2D eigenvalue weighted by Gasteiger charge is 2.26. The number of benzene rings is 2. The van der Waals surface area contributed by atoms with Gasteiger partial charge in [0.15, 0.2) is 0 Å². The fourth-order valence-electron chi connectivity index (χ4n) is 3.92. The second kappa shape index (κ2) is 10.7. The van der Waals surface area contributed by atoms with E-state index in [4.69, 9.17) is 4.74 Å². The van der Waals surface area contributed by atoms with Crippen molar-refractivity contribution >= 4 is 26.3 Å². The molecule has 1 amide bonds. The predicted octanol–water partition coefficient (Wildman–Crippen LogP) is 2.80. The first-order chi connectivity index (χ1) is 16.0. The first-order valence-corrected chi connectivity index (χ1v) is 11.7. The second-order valence-corrected chi connectivity index (χ2v) is 8.88. The Morgan fingerprint density at radius 1 is 1.12 bits per heavy atom. The van der Waals surface area contributed by atoms with Crippen molar-refractivity contribution in [2.24, 2.45) is 0 Å². The van der Waals surface area contributed by atoms with E-state index in [1.54, 1.807) is 6.20 Å². The number of rotatable bonds is 8. The Morgan fingerprint density at radius 3 is 2.61 bits per heavy atom. The van der Waals surface area contributed by atoms with E-state index in [0.717, 1.165) is 41.7 Å². The lowest BCUT2D eigenvalue weighted by molar-refractivity contribution is 0.0754. The zero-order valence-corrected chi connectivity index (χ0v) is 20.2. The summed E-state index contributed by atoms with van der Waals surface area (Å²) >= 11 is 0. The smallest absolute Gasteiger partial charge is 0.259 e. The number of nitrogens with zero attached hydrogens (tertiary/aromatic N) is 4. The van der Waals surface area contributed by atoms with E-state index in [0.29, 0.717) is 24.5 Å². The van der Waals surface area contributed by atoms with Crippen LogP contribution in [0.25, 0.3) is 0 Å². The van der Waals surface area contributed by atoms with Crippen LogP contribution < -0.4 is 20.3 Å². The summed E-state index contributed by atoms with van der Waals surface area (Å²) < 4.78 is 6.34. The number of fused-ring (bicyclic) bond motifs is 1. The van der Waals surface area contributed by atoms with Crippen molar-refractivity contribution in [3.8, 4) is 5.75 Å². The van der Waals surface area contributed by atoms with Gasteiger partial charge in [-0.1, -0.05) is 36.4 Å². The predicted molar refractivity (Wildman–Crippen MR) is 134 cm³/mol. The maximum Gasteiger partial charge on any atom is 0.259 e. The minimum absolute atomic E-state index is 0.0341. The summed E-state index contributed by atoms with van der Waals surface area (Å²) in [5.74, 6) is 1.46. The third kappa shape index (κ3) is 5.67. The molecule has 1 N–H and O–H groups in total. The molecule has 7 nitrogen and oxygen atoms in total. The van der Waals surface area contributed by atoms with Crippen LogP contribution >= 0.6 is 9.24 Å². The molecule has 2 atom stereocenters. The number of hydrogen-bond donors (Lipinski definition) is 1. The Morgan fingerprint density at radius 2 is 1.88 bits per heavy atom. The lowest BCUT2D eigenvalue weighted by Crippen LogP contribution is -2.33. The van der Waals surface area contributed by atoms with E-state index in [1.165, 1.54) is 6.33 Å². The zero-order valence-electron chi connectivity index (χ0n) is 19.1. The summed E-state index contributed by atoms with van der Waals surface area (Å²) in [6, 6.07) is 16.4. The Hall–Kier alpha value is -3.02. The van der Waals surface area contributed by atoms with Gasteiger partial charge in [-0.2, -0.15) is 0 Å². The third-order valence-corrected chi connectivity index (χ3v) is 6.20. The van der Waals surface area contributed by atoms with Crippen molar-refractivity contribution in [3.05, 3.63) is 77.7 Å². The van der Waals surface area contributed by atoms with Crippen molar-refractivity contribution < 1.29 is 9.53 Å². The molecule has 33 heavy (non-hydrogen) atoms. The fourth-order valence-corrected chi connectivity index (χ4v) is 4.11. The van der Waals surface area contributed by atoms with Gasteiger partial charge in [0.2, 0.25) is 0 Å². The monoisotopic (exact) mass is 463 g/mol. The van der Waals surface area contributed by atoms with Gasteiger partial charge in [0.25, 0.3) is 5.91 Å².